The van der Waals surface area contributed by atoms with Crippen molar-refractivity contribution >= 4 is 180 Å². The summed E-state index contributed by atoms with van der Waals surface area (Å²) in [6.07, 6.45) is 18.3. The maximum atomic E-state index is 12.0. The van der Waals surface area contributed by atoms with Crippen LogP contribution in [-0.2, 0) is 167 Å². The summed E-state index contributed by atoms with van der Waals surface area (Å²) in [7, 11) is 0. The summed E-state index contributed by atoms with van der Waals surface area (Å²) in [6, 6.07) is 0. The van der Waals surface area contributed by atoms with Gasteiger partial charge in [-0.3, -0.25) is 71.9 Å². The summed E-state index contributed by atoms with van der Waals surface area (Å²) < 4.78 is 74.2. The van der Waals surface area contributed by atoms with Crippen molar-refractivity contribution in [1.29, 1.82) is 0 Å². The second kappa shape index (κ2) is 69.9. The van der Waals surface area contributed by atoms with E-state index in [1.165, 1.54) is 132 Å². The van der Waals surface area contributed by atoms with Crippen LogP contribution in [0.5, 0.6) is 0 Å². The zero-order valence-corrected chi connectivity index (χ0v) is 81.6. The van der Waals surface area contributed by atoms with Crippen molar-refractivity contribution < 1.29 is 167 Å². The number of allylic oxidation sites excluding steroid dienone is 5. The number of carbonyl (C=O) groups is 20. The molecule has 0 N–H and O–H groups in total. The predicted octanol–water partition coefficient (Wildman–Crippen LogP) is 11.8. The lowest BCUT2D eigenvalue weighted by Crippen LogP contribution is -2.39. The average molecular weight is 1890 g/mol. The third-order valence-corrected chi connectivity index (χ3v) is 21.1. The molecule has 0 heterocycles. The zero-order chi connectivity index (χ0) is 98.2. The van der Waals surface area contributed by atoms with Gasteiger partial charge in [0.1, 0.15) is 0 Å². The first-order valence-electron chi connectivity index (χ1n) is 39.8. The molecule has 40 heteroatoms. The minimum Gasteiger partial charge on any atom is -0.448 e. The number of ether oxygens (including phenoxy) is 15. The van der Waals surface area contributed by atoms with Crippen LogP contribution in [0.4, 0.5) is 0 Å². The monoisotopic (exact) mass is 1880 g/mol. The molecule has 0 aliphatic carbocycles. The number of thioether (sulfide) groups is 5. The fourth-order valence-corrected chi connectivity index (χ4v) is 12.1. The van der Waals surface area contributed by atoms with Crippen molar-refractivity contribution in [2.24, 2.45) is 29.6 Å². The molecule has 0 fully saturated rings. The number of hydrogen-bond acceptors (Lipinski definition) is 40. The van der Waals surface area contributed by atoms with E-state index in [0.29, 0.717) is 107 Å². The summed E-state index contributed by atoms with van der Waals surface area (Å²) in [6.45, 7) is 31.2. The van der Waals surface area contributed by atoms with Crippen LogP contribution in [0.25, 0.3) is 0 Å². The number of rotatable bonds is 55. The minimum absolute atomic E-state index is 0.110. The van der Waals surface area contributed by atoms with Crippen LogP contribution in [0.3, 0.4) is 0 Å². The Morgan fingerprint density at radius 2 is 0.611 bits per heavy atom. The van der Waals surface area contributed by atoms with E-state index in [9.17, 15) is 95.9 Å². The van der Waals surface area contributed by atoms with Crippen LogP contribution in [-0.4, -0.2) is 242 Å². The Labute approximate surface area is 761 Å². The Hall–Kier alpha value is -9.15. The van der Waals surface area contributed by atoms with Crippen LogP contribution < -0.4 is 0 Å². The van der Waals surface area contributed by atoms with Crippen LogP contribution >= 0.6 is 58.8 Å². The van der Waals surface area contributed by atoms with Gasteiger partial charge in [0.05, 0.1) is 61.7 Å². The van der Waals surface area contributed by atoms with E-state index >= 15 is 0 Å². The molecule has 0 aromatic rings. The average Bonchev–Trinajstić information content (AvgIpc) is 0.799. The predicted molar refractivity (Wildman–Crippen MR) is 474 cm³/mol. The van der Waals surface area contributed by atoms with E-state index in [4.69, 9.17) is 71.1 Å². The summed E-state index contributed by atoms with van der Waals surface area (Å²) in [5, 5.41) is 0. The normalized spacial score (nSPS) is 15.1. The molecule has 0 aliphatic rings. The minimum atomic E-state index is -1.66. The van der Waals surface area contributed by atoms with Gasteiger partial charge in [0.15, 0.2) is 59.4 Å². The molecular weight excluding hydrogens is 1750 g/mol. The first kappa shape index (κ1) is 125. The highest BCUT2D eigenvalue weighted by molar-refractivity contribution is 7.99. The van der Waals surface area contributed by atoms with Gasteiger partial charge in [0.25, 0.3) is 0 Å². The molecular formula is C86H132O35S5. The van der Waals surface area contributed by atoms with Gasteiger partial charge in [0.2, 0.25) is 33.5 Å². The SMILES string of the molecule is C/C=C(\C)C(=O)OC(C)(C=O)CC(=O)OC(C)OC(=O)C(C)CSC.C/C=C(\C)C(=O)OC(C)(C=O)CC(=O)OCOC(=O)C(C)CSC.C/C=C(\C)C(=O)OC(C)(C=O)CC(=O)OCOC(=O)C(CCC)CSC.C/C=C(\C)C(=O)OC(C=O)(CC)CC(=O)OCOC(=O)C(C)CSC.C/C=C(\CC)C(=O)OC(C)(C=O)CC(=O)OCOC(=O)C(CC)CSC. The van der Waals surface area contributed by atoms with E-state index in [1.807, 2.05) is 45.1 Å². The van der Waals surface area contributed by atoms with Crippen molar-refractivity contribution in [2.75, 3.05) is 87.2 Å². The second-order valence-corrected chi connectivity index (χ2v) is 33.2. The lowest BCUT2D eigenvalue weighted by Gasteiger charge is -2.26. The zero-order valence-electron chi connectivity index (χ0n) is 77.5. The van der Waals surface area contributed by atoms with E-state index in [0.717, 1.165) is 6.42 Å². The number of esters is 15. The molecule has 716 valence electrons. The molecule has 0 aromatic heterocycles. The van der Waals surface area contributed by atoms with E-state index in [1.54, 1.807) is 88.3 Å². The van der Waals surface area contributed by atoms with Gasteiger partial charge in [-0.15, -0.1) is 0 Å². The molecule has 11 unspecified atom stereocenters. The van der Waals surface area contributed by atoms with Crippen LogP contribution in [0.1, 0.15) is 210 Å². The fourth-order valence-electron chi connectivity index (χ4n) is 8.73. The molecule has 0 aromatic carbocycles. The smallest absolute Gasteiger partial charge is 0.334 e. The Morgan fingerprint density at radius 1 is 0.325 bits per heavy atom. The van der Waals surface area contributed by atoms with Crippen LogP contribution in [0, 0.1) is 29.6 Å². The maximum Gasteiger partial charge on any atom is 0.334 e. The largest absolute Gasteiger partial charge is 0.448 e. The summed E-state index contributed by atoms with van der Waals surface area (Å²) in [5.41, 5.74) is -6.53. The number of hydrogen-bond donors (Lipinski definition) is 0. The van der Waals surface area contributed by atoms with Gasteiger partial charge in [0, 0.05) is 63.6 Å². The van der Waals surface area contributed by atoms with Gasteiger partial charge in [-0.2, -0.15) is 58.8 Å². The first-order chi connectivity index (χ1) is 59.0. The second-order valence-electron chi connectivity index (χ2n) is 28.6. The Morgan fingerprint density at radius 3 is 0.889 bits per heavy atom. The molecule has 0 radical (unpaired) electrons. The van der Waals surface area contributed by atoms with Crippen LogP contribution in [0.15, 0.2) is 58.2 Å². The van der Waals surface area contributed by atoms with Crippen molar-refractivity contribution in [3.8, 4) is 0 Å². The molecule has 0 saturated heterocycles. The van der Waals surface area contributed by atoms with Gasteiger partial charge >= 0.3 is 89.5 Å². The van der Waals surface area contributed by atoms with Crippen LogP contribution in [0.2, 0.25) is 0 Å². The number of carbonyl (C=O) groups excluding carboxylic acids is 20. The number of aldehydes is 5. The van der Waals surface area contributed by atoms with E-state index in [2.05, 4.69) is 0 Å². The Balaban J connectivity index is -0.000000484. The molecule has 11 atom stereocenters. The van der Waals surface area contributed by atoms with E-state index < -0.39 is 183 Å². The highest BCUT2D eigenvalue weighted by atomic mass is 32.2. The fraction of sp³-hybridized carbons (Fsp3) is 0.651. The van der Waals surface area contributed by atoms with Crippen molar-refractivity contribution in [3.05, 3.63) is 58.2 Å². The maximum absolute atomic E-state index is 12.0. The lowest BCUT2D eigenvalue weighted by molar-refractivity contribution is -0.191. The summed E-state index contributed by atoms with van der Waals surface area (Å²) in [5.74, 6) is -8.26. The summed E-state index contributed by atoms with van der Waals surface area (Å²) in [4.78, 5) is 233. The lowest BCUT2D eigenvalue weighted by atomic mass is 9.98. The summed E-state index contributed by atoms with van der Waals surface area (Å²) >= 11 is 7.56. The molecule has 35 nitrogen and oxygen atoms in total. The highest BCUT2D eigenvalue weighted by Crippen LogP contribution is 2.25. The topological polar surface area (TPSA) is 480 Å². The van der Waals surface area contributed by atoms with Gasteiger partial charge in [-0.25, -0.2) is 24.0 Å². The van der Waals surface area contributed by atoms with Gasteiger partial charge in [-0.05, 0) is 147 Å². The van der Waals surface area contributed by atoms with Crippen molar-refractivity contribution in [2.45, 2.75) is 244 Å². The molecule has 0 bridgehead atoms. The quantitative estimate of drug-likeness (QED) is 0.0179. The molecule has 0 rings (SSSR count). The van der Waals surface area contributed by atoms with Gasteiger partial charge < -0.3 is 71.1 Å². The highest BCUT2D eigenvalue weighted by Gasteiger charge is 2.40. The Kier molecular flexibility index (Phi) is 69.5. The Bertz CT molecular complexity index is 3680. The molecule has 0 aliphatic heterocycles. The molecule has 0 amide bonds. The standard InChI is InChI=1S/2C18H28O7S.2C17H26O7S.C16H24O7S/c1-6-8-14(10-26-5)17(22)24-12-23-15(20)9-18(4,11-19)25-16(21)13(3)7-2;1-6-13(7-2)17(22)25-18(4,11-19)9-15(20)23-12-24-16(21)14(8-3)10-26-5;1-7-11(2)16(21)24-17(5,10-18)8-14(19)22-13(4)23-15(20)12(3)9-25-6;1-6-12(3)16(21)24-17(7-2,10-18)8-14(19)22-11-23-15(20)13(4)9-25-5;1-6-11(2)15(20)23-16(4,9-17)7-13(18)21-10-22-14(19)12(3)8-24-5/h7,11,14H,6,8-10,12H2,1-5H3;6,11,14H,7-10,12H2,1-5H3;7,10,12-13H,8-9H2,1-6H3;6,10,13H,7-9,11H2,1-5H3;6,9,12H,7-8,10H2,1-5H3/b13-7+;13-6+;11-7+;12-6+;11-6+. The first-order valence-corrected chi connectivity index (χ1v) is 46.8. The van der Waals surface area contributed by atoms with Crippen molar-refractivity contribution in [3.63, 3.8) is 0 Å². The third-order valence-electron chi connectivity index (χ3n) is 17.1. The molecule has 0 spiro atoms. The van der Waals surface area contributed by atoms with Crippen molar-refractivity contribution in [1.82, 2.24) is 0 Å². The van der Waals surface area contributed by atoms with Gasteiger partial charge in [-0.1, -0.05) is 85.3 Å². The third kappa shape index (κ3) is 56.1. The molecule has 126 heavy (non-hydrogen) atoms. The molecule has 0 saturated carbocycles. The van der Waals surface area contributed by atoms with E-state index in [-0.39, 0.29) is 36.0 Å².